The van der Waals surface area contributed by atoms with Crippen molar-refractivity contribution in [1.82, 2.24) is 20.2 Å². The van der Waals surface area contributed by atoms with E-state index >= 15 is 0 Å². The standard InChI is InChI=1S/C16H25F3N4O2.ClH/c1-23-11-10-22-14(23)15(25,16(17,18)19)6-9-21-13(24)3-2-12-4-7-20-8-5-12;/h10-12,20,25H,2-9H2,1H3,(H,21,24);1H. The minimum Gasteiger partial charge on any atom is -0.374 e. The number of carbonyl (C=O) groups is 1. The molecular weight excluding hydrogens is 373 g/mol. The number of rotatable bonds is 7. The number of hydrogen-bond acceptors (Lipinski definition) is 4. The molecule has 1 atom stereocenters. The van der Waals surface area contributed by atoms with Crippen LogP contribution in [0, 0.1) is 5.92 Å². The SMILES string of the molecule is Cl.Cn1ccnc1C(O)(CCNC(=O)CCC1CCNCC1)C(F)(F)F. The van der Waals surface area contributed by atoms with Gasteiger partial charge in [0, 0.05) is 38.8 Å². The number of amides is 1. The minimum atomic E-state index is -4.88. The third-order valence-corrected chi connectivity index (χ3v) is 4.71. The van der Waals surface area contributed by atoms with Crippen molar-refractivity contribution in [2.75, 3.05) is 19.6 Å². The molecule has 0 bridgehead atoms. The van der Waals surface area contributed by atoms with Crippen LogP contribution in [-0.4, -0.2) is 46.4 Å². The van der Waals surface area contributed by atoms with Gasteiger partial charge in [-0.15, -0.1) is 12.4 Å². The summed E-state index contributed by atoms with van der Waals surface area (Å²) in [7, 11) is 1.39. The van der Waals surface area contributed by atoms with Crippen LogP contribution in [0.4, 0.5) is 13.2 Å². The summed E-state index contributed by atoms with van der Waals surface area (Å²) >= 11 is 0. The van der Waals surface area contributed by atoms with Crippen molar-refractivity contribution in [2.45, 2.75) is 43.9 Å². The van der Waals surface area contributed by atoms with Gasteiger partial charge in [-0.05, 0) is 38.3 Å². The molecule has 1 amide bonds. The van der Waals surface area contributed by atoms with Crippen molar-refractivity contribution in [3.8, 4) is 0 Å². The lowest BCUT2D eigenvalue weighted by Crippen LogP contribution is -2.46. The summed E-state index contributed by atoms with van der Waals surface area (Å²) in [6, 6.07) is 0. The van der Waals surface area contributed by atoms with Gasteiger partial charge in [0.2, 0.25) is 11.5 Å². The molecule has 0 aromatic carbocycles. The second-order valence-corrected chi connectivity index (χ2v) is 6.55. The predicted octanol–water partition coefficient (Wildman–Crippen LogP) is 1.88. The van der Waals surface area contributed by atoms with Gasteiger partial charge in [-0.25, -0.2) is 4.98 Å². The average Bonchev–Trinajstić information content (AvgIpc) is 2.99. The molecule has 6 nitrogen and oxygen atoms in total. The third kappa shape index (κ3) is 5.59. The first kappa shape index (κ1) is 22.7. The summed E-state index contributed by atoms with van der Waals surface area (Å²) in [5.74, 6) is -0.293. The number of hydrogen-bond donors (Lipinski definition) is 3. The summed E-state index contributed by atoms with van der Waals surface area (Å²) in [6.07, 6.45) is 0.0220. The number of aromatic nitrogens is 2. The van der Waals surface area contributed by atoms with Crippen LogP contribution in [0.25, 0.3) is 0 Å². The number of piperidine rings is 1. The van der Waals surface area contributed by atoms with Crippen molar-refractivity contribution in [3.63, 3.8) is 0 Å². The molecule has 1 fully saturated rings. The van der Waals surface area contributed by atoms with E-state index in [0.29, 0.717) is 5.92 Å². The van der Waals surface area contributed by atoms with Gasteiger partial charge in [0.05, 0.1) is 0 Å². The highest BCUT2D eigenvalue weighted by Gasteiger charge is 2.57. The molecule has 10 heteroatoms. The fourth-order valence-electron chi connectivity index (χ4n) is 3.12. The molecule has 1 saturated heterocycles. The van der Waals surface area contributed by atoms with Crippen molar-refractivity contribution < 1.29 is 23.1 Å². The molecule has 3 N–H and O–H groups in total. The van der Waals surface area contributed by atoms with Crippen LogP contribution < -0.4 is 10.6 Å². The number of halogens is 4. The van der Waals surface area contributed by atoms with Crippen LogP contribution in [0.2, 0.25) is 0 Å². The Kier molecular flexibility index (Phi) is 8.36. The number of aryl methyl sites for hydroxylation is 1. The van der Waals surface area contributed by atoms with Crippen LogP contribution in [-0.2, 0) is 17.4 Å². The number of aliphatic hydroxyl groups is 1. The Labute approximate surface area is 157 Å². The third-order valence-electron chi connectivity index (χ3n) is 4.71. The number of nitrogens with zero attached hydrogens (tertiary/aromatic N) is 2. The van der Waals surface area contributed by atoms with Crippen molar-refractivity contribution in [2.24, 2.45) is 13.0 Å². The summed E-state index contributed by atoms with van der Waals surface area (Å²) in [5, 5.41) is 15.9. The Hall–Kier alpha value is -1.32. The van der Waals surface area contributed by atoms with Gasteiger partial charge in [0.1, 0.15) is 5.82 Å². The van der Waals surface area contributed by atoms with Gasteiger partial charge in [0.25, 0.3) is 0 Å². The molecule has 26 heavy (non-hydrogen) atoms. The maximum atomic E-state index is 13.3. The Morgan fingerprint density at radius 1 is 1.42 bits per heavy atom. The molecule has 0 radical (unpaired) electrons. The molecule has 1 aromatic rings. The van der Waals surface area contributed by atoms with E-state index in [9.17, 15) is 23.1 Å². The lowest BCUT2D eigenvalue weighted by Gasteiger charge is -2.30. The van der Waals surface area contributed by atoms with Gasteiger partial charge in [0.15, 0.2) is 0 Å². The van der Waals surface area contributed by atoms with Crippen molar-refractivity contribution in [3.05, 3.63) is 18.2 Å². The summed E-state index contributed by atoms with van der Waals surface area (Å²) in [6.45, 7) is 1.61. The molecule has 0 saturated carbocycles. The Morgan fingerprint density at radius 2 is 2.08 bits per heavy atom. The van der Waals surface area contributed by atoms with Gasteiger partial charge in [-0.2, -0.15) is 13.2 Å². The first-order valence-electron chi connectivity index (χ1n) is 8.48. The highest BCUT2D eigenvalue weighted by molar-refractivity contribution is 5.85. The smallest absolute Gasteiger partial charge is 0.374 e. The topological polar surface area (TPSA) is 79.2 Å². The highest BCUT2D eigenvalue weighted by Crippen LogP contribution is 2.40. The number of nitrogens with one attached hydrogen (secondary N) is 2. The van der Waals surface area contributed by atoms with Gasteiger partial charge >= 0.3 is 6.18 Å². The first-order chi connectivity index (χ1) is 11.7. The van der Waals surface area contributed by atoms with E-state index in [1.54, 1.807) is 0 Å². The largest absolute Gasteiger partial charge is 0.424 e. The summed E-state index contributed by atoms with van der Waals surface area (Å²) in [4.78, 5) is 15.5. The van der Waals surface area contributed by atoms with Crippen LogP contribution in [0.15, 0.2) is 12.4 Å². The van der Waals surface area contributed by atoms with E-state index in [0.717, 1.165) is 36.9 Å². The van der Waals surface area contributed by atoms with E-state index in [2.05, 4.69) is 15.6 Å². The van der Waals surface area contributed by atoms with E-state index in [-0.39, 0.29) is 31.3 Å². The number of alkyl halides is 3. The molecule has 0 aliphatic carbocycles. The van der Waals surface area contributed by atoms with Crippen molar-refractivity contribution in [1.29, 1.82) is 0 Å². The maximum Gasteiger partial charge on any atom is 0.424 e. The van der Waals surface area contributed by atoms with Crippen molar-refractivity contribution >= 4 is 18.3 Å². The van der Waals surface area contributed by atoms with E-state index in [1.165, 1.54) is 19.4 Å². The maximum absolute atomic E-state index is 13.3. The van der Waals surface area contributed by atoms with Crippen LogP contribution in [0.1, 0.15) is 37.9 Å². The molecule has 1 aliphatic rings. The molecule has 0 spiro atoms. The fourth-order valence-corrected chi connectivity index (χ4v) is 3.12. The highest BCUT2D eigenvalue weighted by atomic mass is 35.5. The molecule has 1 aliphatic heterocycles. The van der Waals surface area contributed by atoms with Crippen LogP contribution in [0.5, 0.6) is 0 Å². The zero-order valence-electron chi connectivity index (χ0n) is 14.7. The molecule has 1 unspecified atom stereocenters. The lowest BCUT2D eigenvalue weighted by atomic mass is 9.93. The van der Waals surface area contributed by atoms with E-state index in [1.807, 2.05) is 0 Å². The zero-order valence-corrected chi connectivity index (χ0v) is 15.5. The van der Waals surface area contributed by atoms with Gasteiger partial charge in [-0.3, -0.25) is 4.79 Å². The van der Waals surface area contributed by atoms with E-state index < -0.39 is 24.0 Å². The fraction of sp³-hybridized carbons (Fsp3) is 0.750. The van der Waals surface area contributed by atoms with Crippen LogP contribution >= 0.6 is 12.4 Å². The Balaban J connectivity index is 0.00000338. The second kappa shape index (κ2) is 9.57. The van der Waals surface area contributed by atoms with Gasteiger partial charge in [-0.1, -0.05) is 0 Å². The van der Waals surface area contributed by atoms with Crippen LogP contribution in [0.3, 0.4) is 0 Å². The first-order valence-corrected chi connectivity index (χ1v) is 8.48. The van der Waals surface area contributed by atoms with Gasteiger partial charge < -0.3 is 20.3 Å². The molecule has 2 heterocycles. The van der Waals surface area contributed by atoms with E-state index in [4.69, 9.17) is 0 Å². The lowest BCUT2D eigenvalue weighted by molar-refractivity contribution is -0.272. The average molecular weight is 399 g/mol. The summed E-state index contributed by atoms with van der Waals surface area (Å²) in [5.41, 5.74) is -3.09. The Bertz CT molecular complexity index is 576. The molecular formula is C16H26ClF3N4O2. The molecule has 2 rings (SSSR count). The quantitative estimate of drug-likeness (QED) is 0.655. The summed E-state index contributed by atoms with van der Waals surface area (Å²) < 4.78 is 41.2. The molecule has 150 valence electrons. The molecule has 1 aromatic heterocycles. The zero-order chi connectivity index (χ0) is 18.5. The number of carbonyl (C=O) groups excluding carboxylic acids is 1. The normalized spacial score (nSPS) is 18.0. The predicted molar refractivity (Wildman–Crippen MR) is 92.9 cm³/mol. The Morgan fingerprint density at radius 3 is 2.62 bits per heavy atom. The number of imidazole rings is 1. The monoisotopic (exact) mass is 398 g/mol. The minimum absolute atomic E-state index is 0. The second-order valence-electron chi connectivity index (χ2n) is 6.55.